The van der Waals surface area contributed by atoms with E-state index in [2.05, 4.69) is 0 Å². The van der Waals surface area contributed by atoms with Crippen molar-refractivity contribution in [3.05, 3.63) is 11.6 Å². The van der Waals surface area contributed by atoms with Crippen LogP contribution in [0, 0.1) is 16.9 Å². The van der Waals surface area contributed by atoms with E-state index in [-0.39, 0.29) is 0 Å². The summed E-state index contributed by atoms with van der Waals surface area (Å²) in [6.07, 6.45) is 1.07. The van der Waals surface area contributed by atoms with Gasteiger partial charge in [-0.15, -0.1) is 0 Å². The van der Waals surface area contributed by atoms with Gasteiger partial charge in [-0.25, -0.2) is 0 Å². The lowest BCUT2D eigenvalue weighted by Crippen LogP contribution is -1.32. The van der Waals surface area contributed by atoms with Gasteiger partial charge in [0.15, 0.2) is 0 Å². The van der Waals surface area contributed by atoms with Crippen molar-refractivity contribution in [3.63, 3.8) is 0 Å². The molecule has 0 N–H and O–H groups in total. The molecule has 0 bridgehead atoms. The normalized spacial score (nSPS) is 8.00. The number of hydrogen-bond acceptors (Lipinski definition) is 1. The van der Waals surface area contributed by atoms with Crippen molar-refractivity contribution in [1.82, 2.24) is 0 Å². The molecule has 0 saturated carbocycles. The smallest absolute Gasteiger partial charge is 0.0928 e. The Bertz CT molecular complexity index is 69.5. The molecule has 0 aliphatic carbocycles. The molecule has 0 atom stereocenters. The first-order valence-electron chi connectivity index (χ1n) is 0.990. The Kier molecular flexibility index (Phi) is 3.18. The lowest BCUT2D eigenvalue weighted by molar-refractivity contribution is 1.53. The minimum absolute atomic E-state index is 1.07. The summed E-state index contributed by atoms with van der Waals surface area (Å²) in [6, 6.07) is 1.65. The molecule has 0 rings (SSSR count). The molecule has 5 heavy (non-hydrogen) atoms. The lowest BCUT2D eigenvalue weighted by Gasteiger charge is -1.43. The van der Waals surface area contributed by atoms with Crippen LogP contribution in [0.5, 0.6) is 0 Å². The third kappa shape index (κ3) is 3.52. The molecule has 1 radical (unpaired) electrons. The Balaban J connectivity index is 3.04. The van der Waals surface area contributed by atoms with Gasteiger partial charge in [0.05, 0.1) is 11.6 Å². The summed E-state index contributed by atoms with van der Waals surface area (Å²) < 4.78 is 0. The highest BCUT2D eigenvalue weighted by atomic mass is 35.5. The molecule has 0 unspecified atom stereocenters. The summed E-state index contributed by atoms with van der Waals surface area (Å²) in [5, 5.41) is 7.61. The second kappa shape index (κ2) is 3.52. The highest BCUT2D eigenvalue weighted by molar-refractivity contribution is 6.22. The highest BCUT2D eigenvalue weighted by Gasteiger charge is 1.50. The second-order valence-electron chi connectivity index (χ2n) is 0.383. The number of hydrogen-bond donors (Lipinski definition) is 0. The standard InChI is InChI=1S/C3HClN/c4-2-1-3-5/h1H. The van der Waals surface area contributed by atoms with Crippen molar-refractivity contribution < 1.29 is 0 Å². The summed E-state index contributed by atoms with van der Waals surface area (Å²) in [6.45, 7) is 0. The van der Waals surface area contributed by atoms with Crippen LogP contribution in [0.1, 0.15) is 0 Å². The van der Waals surface area contributed by atoms with Crippen LogP contribution in [-0.2, 0) is 0 Å². The third-order valence-corrected chi connectivity index (χ3v) is 0.228. The molecule has 0 fully saturated rings. The topological polar surface area (TPSA) is 23.8 Å². The van der Waals surface area contributed by atoms with E-state index in [0.717, 1.165) is 6.08 Å². The second-order valence-corrected chi connectivity index (χ2v) is 0.601. The van der Waals surface area contributed by atoms with E-state index >= 15 is 0 Å². The van der Waals surface area contributed by atoms with Crippen LogP contribution in [0.25, 0.3) is 0 Å². The van der Waals surface area contributed by atoms with Gasteiger partial charge in [0, 0.05) is 6.08 Å². The molecule has 0 aliphatic rings. The van der Waals surface area contributed by atoms with Gasteiger partial charge in [-0.1, -0.05) is 11.6 Å². The van der Waals surface area contributed by atoms with Gasteiger partial charge in [-0.05, 0) is 0 Å². The molecule has 0 aliphatic heterocycles. The molecule has 0 saturated heterocycles. The first-order chi connectivity index (χ1) is 2.41. The lowest BCUT2D eigenvalue weighted by atomic mass is 10.7. The maximum Gasteiger partial charge on any atom is 0.0928 e. The molecular weight excluding hydrogens is 85.5 g/mol. The number of halogens is 1. The van der Waals surface area contributed by atoms with E-state index in [9.17, 15) is 0 Å². The van der Waals surface area contributed by atoms with Gasteiger partial charge in [0.1, 0.15) is 0 Å². The predicted molar refractivity (Wildman–Crippen MR) is 19.3 cm³/mol. The zero-order valence-electron chi connectivity index (χ0n) is 2.40. The van der Waals surface area contributed by atoms with Gasteiger partial charge in [-0.3, -0.25) is 0 Å². The molecule has 25 valence electrons. The zero-order valence-corrected chi connectivity index (χ0v) is 3.16. The Morgan fingerprint density at radius 2 is 2.40 bits per heavy atom. The summed E-state index contributed by atoms with van der Waals surface area (Å²) in [4.78, 5) is 0. The van der Waals surface area contributed by atoms with E-state index < -0.39 is 0 Å². The summed E-state index contributed by atoms with van der Waals surface area (Å²) in [5.74, 6) is 0. The number of nitriles is 1. The highest BCUT2D eigenvalue weighted by Crippen LogP contribution is 1.68. The monoisotopic (exact) mass is 86.0 g/mol. The predicted octanol–water partition coefficient (Wildman–Crippen LogP) is 1.07. The van der Waals surface area contributed by atoms with Gasteiger partial charge < -0.3 is 0 Å². The fourth-order valence-electron chi connectivity index (χ4n) is 0.0244. The summed E-state index contributed by atoms with van der Waals surface area (Å²) in [5.41, 5.74) is 2.00. The maximum absolute atomic E-state index is 7.61. The van der Waals surface area contributed by atoms with Crippen molar-refractivity contribution in [3.8, 4) is 6.07 Å². The summed E-state index contributed by atoms with van der Waals surface area (Å²) in [7, 11) is 0. The van der Waals surface area contributed by atoms with E-state index in [4.69, 9.17) is 16.9 Å². The maximum atomic E-state index is 7.61. The Morgan fingerprint density at radius 3 is 2.40 bits per heavy atom. The molecule has 0 aromatic rings. The molecule has 0 spiro atoms. The Hall–Kier alpha value is -0.480. The van der Waals surface area contributed by atoms with Crippen molar-refractivity contribution in [2.24, 2.45) is 0 Å². The average molecular weight is 86.5 g/mol. The molecule has 0 aromatic heterocycles. The molecule has 1 nitrogen and oxygen atoms in total. The molecule has 0 aromatic carbocycles. The van der Waals surface area contributed by atoms with Crippen molar-refractivity contribution in [2.45, 2.75) is 0 Å². The van der Waals surface area contributed by atoms with E-state index in [1.807, 2.05) is 5.54 Å². The Labute approximate surface area is 35.5 Å². The first-order valence-corrected chi connectivity index (χ1v) is 1.37. The molecule has 2 heteroatoms. The Morgan fingerprint density at radius 1 is 1.80 bits per heavy atom. The van der Waals surface area contributed by atoms with Crippen molar-refractivity contribution >= 4 is 11.6 Å². The van der Waals surface area contributed by atoms with E-state index in [1.54, 1.807) is 6.07 Å². The number of rotatable bonds is 0. The fraction of sp³-hybridized carbons (Fsp3) is 0. The average Bonchev–Trinajstić information content (AvgIpc) is 1.41. The fourth-order valence-corrected chi connectivity index (χ4v) is 0.0732. The van der Waals surface area contributed by atoms with Gasteiger partial charge in [0.25, 0.3) is 0 Å². The largest absolute Gasteiger partial charge is 0.193 e. The number of nitrogens with zero attached hydrogens (tertiary/aromatic N) is 1. The molecule has 0 heterocycles. The van der Waals surface area contributed by atoms with Crippen LogP contribution in [0.4, 0.5) is 0 Å². The molecular formula is C3HClN. The van der Waals surface area contributed by atoms with E-state index in [1.165, 1.54) is 0 Å². The van der Waals surface area contributed by atoms with Crippen LogP contribution in [0.3, 0.4) is 0 Å². The van der Waals surface area contributed by atoms with Gasteiger partial charge >= 0.3 is 0 Å². The minimum Gasteiger partial charge on any atom is -0.193 e. The van der Waals surface area contributed by atoms with E-state index in [0.29, 0.717) is 0 Å². The van der Waals surface area contributed by atoms with Crippen LogP contribution in [0.15, 0.2) is 6.08 Å². The van der Waals surface area contributed by atoms with Crippen molar-refractivity contribution in [1.29, 1.82) is 5.26 Å². The third-order valence-electron chi connectivity index (χ3n) is 0.119. The van der Waals surface area contributed by atoms with Gasteiger partial charge in [-0.2, -0.15) is 5.26 Å². The molecule has 0 amide bonds. The minimum atomic E-state index is 1.07. The number of allylic oxidation sites excluding steroid dienone is 1. The SMILES string of the molecule is N#C/C=[C]\Cl. The van der Waals surface area contributed by atoms with Crippen LogP contribution >= 0.6 is 11.6 Å². The first kappa shape index (κ1) is 4.52. The summed E-state index contributed by atoms with van der Waals surface area (Å²) >= 11 is 4.77. The van der Waals surface area contributed by atoms with Gasteiger partial charge in [0.2, 0.25) is 0 Å². The zero-order chi connectivity index (χ0) is 4.12. The quantitative estimate of drug-likeness (QED) is 0.405. The van der Waals surface area contributed by atoms with Crippen LogP contribution in [0.2, 0.25) is 0 Å². The van der Waals surface area contributed by atoms with Crippen molar-refractivity contribution in [2.75, 3.05) is 0 Å². The van der Waals surface area contributed by atoms with Crippen LogP contribution < -0.4 is 0 Å². The van der Waals surface area contributed by atoms with Crippen LogP contribution in [-0.4, -0.2) is 0 Å².